The van der Waals surface area contributed by atoms with Crippen molar-refractivity contribution < 1.29 is 0 Å². The summed E-state index contributed by atoms with van der Waals surface area (Å²) in [5, 5.41) is 10.3. The van der Waals surface area contributed by atoms with Gasteiger partial charge in [-0.3, -0.25) is 0 Å². The lowest BCUT2D eigenvalue weighted by Gasteiger charge is -2.11. The summed E-state index contributed by atoms with van der Waals surface area (Å²) in [6.45, 7) is 8.77. The van der Waals surface area contributed by atoms with Gasteiger partial charge in [0.1, 0.15) is 5.82 Å². The van der Waals surface area contributed by atoms with Crippen LogP contribution in [-0.2, 0) is 0 Å². The maximum atomic E-state index is 4.32. The molecule has 1 aliphatic rings. The molecule has 1 aromatic heterocycles. The highest BCUT2D eigenvalue weighted by Gasteiger charge is 2.30. The molecule has 1 fully saturated rings. The first-order valence-corrected chi connectivity index (χ1v) is 6.59. The van der Waals surface area contributed by atoms with Crippen molar-refractivity contribution >= 4 is 11.8 Å². The summed E-state index contributed by atoms with van der Waals surface area (Å²) < 4.78 is 2.36. The Hall–Kier alpha value is -0.510. The molecule has 0 unspecified atom stereocenters. The van der Waals surface area contributed by atoms with Gasteiger partial charge in [-0.15, -0.1) is 10.2 Å². The fourth-order valence-corrected chi connectivity index (χ4v) is 2.51. The van der Waals surface area contributed by atoms with Gasteiger partial charge in [0, 0.05) is 17.2 Å². The molecule has 0 amide bonds. The summed E-state index contributed by atoms with van der Waals surface area (Å²) in [5.74, 6) is 1.63. The quantitative estimate of drug-likeness (QED) is 0.737. The lowest BCUT2D eigenvalue weighted by Crippen LogP contribution is -2.05. The molecular formula is C11H19N3S. The summed E-state index contributed by atoms with van der Waals surface area (Å²) in [6.07, 6.45) is 2.59. The van der Waals surface area contributed by atoms with Crippen molar-refractivity contribution in [2.45, 2.75) is 62.9 Å². The first-order valence-electron chi connectivity index (χ1n) is 5.71. The van der Waals surface area contributed by atoms with Crippen molar-refractivity contribution in [2.75, 3.05) is 0 Å². The highest BCUT2D eigenvalue weighted by Crippen LogP contribution is 2.40. The van der Waals surface area contributed by atoms with Crippen molar-refractivity contribution in [2.24, 2.45) is 0 Å². The number of thioether (sulfide) groups is 1. The molecule has 1 aliphatic carbocycles. The zero-order valence-electron chi connectivity index (χ0n) is 9.90. The summed E-state index contributed by atoms with van der Waals surface area (Å²) in [5.41, 5.74) is 0. The second-order valence-corrected chi connectivity index (χ2v) is 6.31. The highest BCUT2D eigenvalue weighted by atomic mass is 32.2. The molecule has 0 atom stereocenters. The van der Waals surface area contributed by atoms with E-state index in [4.69, 9.17) is 0 Å². The van der Waals surface area contributed by atoms with Crippen LogP contribution >= 0.6 is 11.8 Å². The Balaban J connectivity index is 2.29. The van der Waals surface area contributed by atoms with Crippen molar-refractivity contribution in [3.8, 4) is 0 Å². The molecule has 3 nitrogen and oxygen atoms in total. The SMILES string of the molecule is CC(C)Sc1nnc(C(C)C)n1C1CC1. The van der Waals surface area contributed by atoms with E-state index >= 15 is 0 Å². The molecule has 0 aromatic carbocycles. The monoisotopic (exact) mass is 225 g/mol. The van der Waals surface area contributed by atoms with E-state index in [-0.39, 0.29) is 0 Å². The first-order chi connectivity index (χ1) is 7.09. The molecule has 0 saturated heterocycles. The number of aromatic nitrogens is 3. The number of nitrogens with zero attached hydrogens (tertiary/aromatic N) is 3. The van der Waals surface area contributed by atoms with Crippen LogP contribution in [0.1, 0.15) is 58.3 Å². The molecule has 15 heavy (non-hydrogen) atoms. The third kappa shape index (κ3) is 2.36. The van der Waals surface area contributed by atoms with Crippen LogP contribution < -0.4 is 0 Å². The van der Waals surface area contributed by atoms with Crippen molar-refractivity contribution in [3.05, 3.63) is 5.82 Å². The summed E-state index contributed by atoms with van der Waals surface area (Å²) >= 11 is 1.82. The van der Waals surface area contributed by atoms with Crippen molar-refractivity contribution in [1.29, 1.82) is 0 Å². The Bertz CT molecular complexity index is 340. The number of hydrogen-bond donors (Lipinski definition) is 0. The zero-order chi connectivity index (χ0) is 11.0. The Morgan fingerprint density at radius 3 is 2.33 bits per heavy atom. The van der Waals surface area contributed by atoms with Gasteiger partial charge in [-0.25, -0.2) is 0 Å². The topological polar surface area (TPSA) is 30.7 Å². The van der Waals surface area contributed by atoms with E-state index < -0.39 is 0 Å². The summed E-state index contributed by atoms with van der Waals surface area (Å²) in [7, 11) is 0. The first kappa shape index (κ1) is 11.0. The molecule has 4 heteroatoms. The highest BCUT2D eigenvalue weighted by molar-refractivity contribution is 7.99. The fraction of sp³-hybridized carbons (Fsp3) is 0.818. The summed E-state index contributed by atoms with van der Waals surface area (Å²) in [6, 6.07) is 0.679. The van der Waals surface area contributed by atoms with Gasteiger partial charge < -0.3 is 4.57 Å². The van der Waals surface area contributed by atoms with E-state index in [1.165, 1.54) is 12.8 Å². The van der Waals surface area contributed by atoms with Gasteiger partial charge in [0.15, 0.2) is 5.16 Å². The Morgan fingerprint density at radius 2 is 1.87 bits per heavy atom. The Morgan fingerprint density at radius 1 is 1.20 bits per heavy atom. The molecule has 0 N–H and O–H groups in total. The van der Waals surface area contributed by atoms with Crippen LogP contribution in [0.2, 0.25) is 0 Å². The normalized spacial score (nSPS) is 16.7. The van der Waals surface area contributed by atoms with Crippen LogP contribution in [-0.4, -0.2) is 20.0 Å². The van der Waals surface area contributed by atoms with Crippen LogP contribution in [0.4, 0.5) is 0 Å². The van der Waals surface area contributed by atoms with Gasteiger partial charge >= 0.3 is 0 Å². The lowest BCUT2D eigenvalue weighted by atomic mass is 10.2. The predicted octanol–water partition coefficient (Wildman–Crippen LogP) is 3.24. The molecule has 0 bridgehead atoms. The maximum absolute atomic E-state index is 4.32. The van der Waals surface area contributed by atoms with Crippen LogP contribution in [0.3, 0.4) is 0 Å². The van der Waals surface area contributed by atoms with Crippen LogP contribution in [0.5, 0.6) is 0 Å². The molecular weight excluding hydrogens is 206 g/mol. The van der Waals surface area contributed by atoms with Gasteiger partial charge in [0.2, 0.25) is 0 Å². The molecule has 84 valence electrons. The van der Waals surface area contributed by atoms with Crippen LogP contribution in [0.25, 0.3) is 0 Å². The van der Waals surface area contributed by atoms with Gasteiger partial charge in [-0.05, 0) is 12.8 Å². The molecule has 0 aliphatic heterocycles. The van der Waals surface area contributed by atoms with E-state index in [0.717, 1.165) is 11.0 Å². The van der Waals surface area contributed by atoms with Crippen LogP contribution in [0, 0.1) is 0 Å². The van der Waals surface area contributed by atoms with Crippen molar-refractivity contribution in [3.63, 3.8) is 0 Å². The largest absolute Gasteiger partial charge is 0.303 e. The van der Waals surface area contributed by atoms with Gasteiger partial charge in [0.25, 0.3) is 0 Å². The Kier molecular flexibility index (Phi) is 3.05. The van der Waals surface area contributed by atoms with Crippen LogP contribution in [0.15, 0.2) is 5.16 Å². The van der Waals surface area contributed by atoms with E-state index in [1.54, 1.807) is 0 Å². The smallest absolute Gasteiger partial charge is 0.191 e. The molecule has 0 spiro atoms. The maximum Gasteiger partial charge on any atom is 0.191 e. The predicted molar refractivity (Wildman–Crippen MR) is 63.4 cm³/mol. The van der Waals surface area contributed by atoms with Gasteiger partial charge in [-0.2, -0.15) is 0 Å². The second kappa shape index (κ2) is 4.16. The minimum absolute atomic E-state index is 0.472. The van der Waals surface area contributed by atoms with E-state index in [2.05, 4.69) is 42.5 Å². The average molecular weight is 225 g/mol. The molecule has 1 heterocycles. The van der Waals surface area contributed by atoms with Crippen molar-refractivity contribution in [1.82, 2.24) is 14.8 Å². The van der Waals surface area contributed by atoms with Gasteiger partial charge in [0.05, 0.1) is 0 Å². The third-order valence-corrected chi connectivity index (χ3v) is 3.42. The average Bonchev–Trinajstić information content (AvgIpc) is 2.87. The van der Waals surface area contributed by atoms with E-state index in [1.807, 2.05) is 11.8 Å². The van der Waals surface area contributed by atoms with E-state index in [9.17, 15) is 0 Å². The fourth-order valence-electron chi connectivity index (χ4n) is 1.65. The minimum Gasteiger partial charge on any atom is -0.303 e. The second-order valence-electron chi connectivity index (χ2n) is 4.76. The molecule has 1 saturated carbocycles. The molecule has 0 radical (unpaired) electrons. The number of rotatable bonds is 4. The molecule has 2 rings (SSSR count). The number of hydrogen-bond acceptors (Lipinski definition) is 3. The zero-order valence-corrected chi connectivity index (χ0v) is 10.7. The third-order valence-electron chi connectivity index (χ3n) is 2.46. The lowest BCUT2D eigenvalue weighted by molar-refractivity contribution is 0.598. The van der Waals surface area contributed by atoms with Gasteiger partial charge in [-0.1, -0.05) is 39.5 Å². The standard InChI is InChI=1S/C11H19N3S/c1-7(2)10-12-13-11(15-8(3)4)14(10)9-5-6-9/h7-9H,5-6H2,1-4H3. The summed E-state index contributed by atoms with van der Waals surface area (Å²) in [4.78, 5) is 0. The minimum atomic E-state index is 0.472. The Labute approximate surface area is 95.7 Å². The molecule has 1 aromatic rings. The van der Waals surface area contributed by atoms with E-state index in [0.29, 0.717) is 17.2 Å².